The van der Waals surface area contributed by atoms with Crippen molar-refractivity contribution >= 4 is 21.9 Å². The fraction of sp³-hybridized carbons (Fsp3) is 0.611. The standard InChI is InChI=1S/C18H22BrNO2/c19-15-5-2-1-4-14(15)18(8-3-9-18)17(21)22-16-12-20-10-6-13(16)7-11-20/h1-2,4-5,13,16H,3,6-12H2. The Morgan fingerprint density at radius 1 is 1.23 bits per heavy atom. The number of nitrogens with zero attached hydrogens (tertiary/aromatic N) is 1. The van der Waals surface area contributed by atoms with E-state index in [-0.39, 0.29) is 12.1 Å². The van der Waals surface area contributed by atoms with Gasteiger partial charge in [-0.05, 0) is 56.3 Å². The molecule has 1 aliphatic carbocycles. The van der Waals surface area contributed by atoms with Gasteiger partial charge in [0.15, 0.2) is 0 Å². The molecule has 0 radical (unpaired) electrons. The highest BCUT2D eigenvalue weighted by Crippen LogP contribution is 2.47. The van der Waals surface area contributed by atoms with Gasteiger partial charge in [-0.15, -0.1) is 0 Å². The maximum Gasteiger partial charge on any atom is 0.316 e. The first-order chi connectivity index (χ1) is 10.7. The molecule has 22 heavy (non-hydrogen) atoms. The number of ether oxygens (including phenoxy) is 1. The van der Waals surface area contributed by atoms with Crippen LogP contribution in [-0.4, -0.2) is 36.6 Å². The number of rotatable bonds is 3. The molecule has 118 valence electrons. The number of halogens is 1. The van der Waals surface area contributed by atoms with Crippen LogP contribution in [0.15, 0.2) is 28.7 Å². The molecule has 3 nitrogen and oxygen atoms in total. The number of carbonyl (C=O) groups excluding carboxylic acids is 1. The van der Waals surface area contributed by atoms with Gasteiger partial charge in [0.1, 0.15) is 6.10 Å². The van der Waals surface area contributed by atoms with Crippen LogP contribution in [0, 0.1) is 5.92 Å². The number of piperidine rings is 3. The Bertz CT molecular complexity index is 576. The number of carbonyl (C=O) groups is 1. The number of hydrogen-bond donors (Lipinski definition) is 0. The third kappa shape index (κ3) is 2.31. The van der Waals surface area contributed by atoms with Crippen molar-refractivity contribution in [2.24, 2.45) is 5.92 Å². The van der Waals surface area contributed by atoms with Crippen LogP contribution in [0.25, 0.3) is 0 Å². The SMILES string of the molecule is O=C(OC1CN2CCC1CC2)C1(c2ccccc2Br)CCC1. The molecule has 4 heteroatoms. The Hall–Kier alpha value is -0.870. The highest BCUT2D eigenvalue weighted by atomic mass is 79.9. The smallest absolute Gasteiger partial charge is 0.316 e. The van der Waals surface area contributed by atoms with Gasteiger partial charge in [-0.1, -0.05) is 40.5 Å². The molecule has 0 spiro atoms. The molecule has 1 atom stereocenters. The second-order valence-electron chi connectivity index (χ2n) is 7.00. The van der Waals surface area contributed by atoms with E-state index in [0.29, 0.717) is 5.92 Å². The van der Waals surface area contributed by atoms with E-state index >= 15 is 0 Å². The van der Waals surface area contributed by atoms with E-state index in [2.05, 4.69) is 26.9 Å². The molecule has 3 saturated heterocycles. The molecule has 1 aromatic rings. The summed E-state index contributed by atoms with van der Waals surface area (Å²) in [4.78, 5) is 15.4. The maximum absolute atomic E-state index is 13.0. The molecule has 1 unspecified atom stereocenters. The average Bonchev–Trinajstić information content (AvgIpc) is 2.49. The van der Waals surface area contributed by atoms with E-state index in [1.165, 1.54) is 25.9 Å². The van der Waals surface area contributed by atoms with Crippen LogP contribution in [0.1, 0.15) is 37.7 Å². The number of benzene rings is 1. The number of fused-ring (bicyclic) bond motifs is 3. The molecule has 5 rings (SSSR count). The van der Waals surface area contributed by atoms with Gasteiger partial charge in [0, 0.05) is 11.0 Å². The van der Waals surface area contributed by atoms with Crippen molar-refractivity contribution in [2.45, 2.75) is 43.6 Å². The molecular formula is C18H22BrNO2. The predicted octanol–water partition coefficient (Wildman–Crippen LogP) is 3.51. The summed E-state index contributed by atoms with van der Waals surface area (Å²) in [6.07, 6.45) is 5.40. The monoisotopic (exact) mass is 363 g/mol. The largest absolute Gasteiger partial charge is 0.460 e. The van der Waals surface area contributed by atoms with Crippen LogP contribution in [0.4, 0.5) is 0 Å². The molecule has 3 aliphatic heterocycles. The lowest BCUT2D eigenvalue weighted by Gasteiger charge is -2.46. The predicted molar refractivity (Wildman–Crippen MR) is 88.7 cm³/mol. The van der Waals surface area contributed by atoms with Gasteiger partial charge in [-0.2, -0.15) is 0 Å². The van der Waals surface area contributed by atoms with E-state index in [4.69, 9.17) is 4.74 Å². The van der Waals surface area contributed by atoms with Gasteiger partial charge in [0.25, 0.3) is 0 Å². The van der Waals surface area contributed by atoms with E-state index < -0.39 is 5.41 Å². The summed E-state index contributed by atoms with van der Waals surface area (Å²) >= 11 is 3.62. The van der Waals surface area contributed by atoms with E-state index in [9.17, 15) is 4.79 Å². The van der Waals surface area contributed by atoms with E-state index in [0.717, 1.165) is 35.8 Å². The fourth-order valence-electron chi connectivity index (χ4n) is 4.26. The summed E-state index contributed by atoms with van der Waals surface area (Å²) in [5.41, 5.74) is 0.694. The van der Waals surface area contributed by atoms with Crippen molar-refractivity contribution in [1.29, 1.82) is 0 Å². The number of hydrogen-bond acceptors (Lipinski definition) is 3. The Kier molecular flexibility index (Phi) is 3.77. The first-order valence-electron chi connectivity index (χ1n) is 8.37. The summed E-state index contributed by atoms with van der Waals surface area (Å²) in [5.74, 6) is 0.578. The third-order valence-electron chi connectivity index (χ3n) is 5.84. The molecule has 0 N–H and O–H groups in total. The molecule has 3 heterocycles. The molecule has 4 fully saturated rings. The third-order valence-corrected chi connectivity index (χ3v) is 6.53. The Labute approximate surface area is 140 Å². The molecule has 0 aromatic heterocycles. The van der Waals surface area contributed by atoms with Gasteiger partial charge in [-0.3, -0.25) is 9.69 Å². The van der Waals surface area contributed by atoms with Gasteiger partial charge in [-0.25, -0.2) is 0 Å². The molecule has 1 aromatic carbocycles. The summed E-state index contributed by atoms with van der Waals surface area (Å²) in [5, 5.41) is 0. The van der Waals surface area contributed by atoms with E-state index in [1.54, 1.807) is 0 Å². The number of esters is 1. The van der Waals surface area contributed by atoms with Gasteiger partial charge < -0.3 is 4.74 Å². The maximum atomic E-state index is 13.0. The molecule has 0 amide bonds. The molecule has 2 bridgehead atoms. The lowest BCUT2D eigenvalue weighted by molar-refractivity contribution is -0.169. The topological polar surface area (TPSA) is 29.5 Å². The second-order valence-corrected chi connectivity index (χ2v) is 7.85. The van der Waals surface area contributed by atoms with Crippen molar-refractivity contribution < 1.29 is 9.53 Å². The van der Waals surface area contributed by atoms with Crippen LogP contribution in [0.3, 0.4) is 0 Å². The zero-order valence-corrected chi connectivity index (χ0v) is 14.3. The highest BCUT2D eigenvalue weighted by molar-refractivity contribution is 9.10. The van der Waals surface area contributed by atoms with Gasteiger partial charge in [0.05, 0.1) is 5.41 Å². The molecule has 4 aliphatic rings. The summed E-state index contributed by atoms with van der Waals surface area (Å²) in [7, 11) is 0. The zero-order valence-electron chi connectivity index (χ0n) is 12.8. The van der Waals surface area contributed by atoms with E-state index in [1.807, 2.05) is 18.2 Å². The summed E-state index contributed by atoms with van der Waals surface area (Å²) in [6, 6.07) is 8.11. The molecule has 1 saturated carbocycles. The first kappa shape index (κ1) is 14.7. The minimum atomic E-state index is -0.411. The Morgan fingerprint density at radius 2 is 1.95 bits per heavy atom. The zero-order chi connectivity index (χ0) is 15.2. The minimum Gasteiger partial charge on any atom is -0.460 e. The van der Waals surface area contributed by atoms with Crippen LogP contribution < -0.4 is 0 Å². The summed E-state index contributed by atoms with van der Waals surface area (Å²) < 4.78 is 7.07. The minimum absolute atomic E-state index is 0.00407. The average molecular weight is 364 g/mol. The van der Waals surface area contributed by atoms with Crippen molar-refractivity contribution in [2.75, 3.05) is 19.6 Å². The highest BCUT2D eigenvalue weighted by Gasteiger charge is 2.50. The van der Waals surface area contributed by atoms with Crippen LogP contribution >= 0.6 is 15.9 Å². The van der Waals surface area contributed by atoms with Crippen molar-refractivity contribution in [1.82, 2.24) is 4.90 Å². The van der Waals surface area contributed by atoms with Gasteiger partial charge >= 0.3 is 5.97 Å². The first-order valence-corrected chi connectivity index (χ1v) is 9.17. The normalized spacial score (nSPS) is 32.3. The summed E-state index contributed by atoms with van der Waals surface area (Å²) in [6.45, 7) is 3.28. The lowest BCUT2D eigenvalue weighted by Crippen LogP contribution is -2.54. The van der Waals surface area contributed by atoms with Crippen LogP contribution in [0.2, 0.25) is 0 Å². The molecular weight excluding hydrogens is 342 g/mol. The van der Waals surface area contributed by atoms with Crippen LogP contribution in [0.5, 0.6) is 0 Å². The van der Waals surface area contributed by atoms with Crippen molar-refractivity contribution in [3.8, 4) is 0 Å². The Balaban J connectivity index is 1.54. The second kappa shape index (κ2) is 5.64. The lowest BCUT2D eigenvalue weighted by atomic mass is 9.64. The fourth-order valence-corrected chi connectivity index (χ4v) is 4.92. The Morgan fingerprint density at radius 3 is 2.50 bits per heavy atom. The van der Waals surface area contributed by atoms with Crippen molar-refractivity contribution in [3.05, 3.63) is 34.3 Å². The van der Waals surface area contributed by atoms with Crippen LogP contribution in [-0.2, 0) is 14.9 Å². The quantitative estimate of drug-likeness (QED) is 0.769. The van der Waals surface area contributed by atoms with Crippen molar-refractivity contribution in [3.63, 3.8) is 0 Å². The van der Waals surface area contributed by atoms with Gasteiger partial charge in [0.2, 0.25) is 0 Å².